The van der Waals surface area contributed by atoms with E-state index in [9.17, 15) is 9.59 Å². The largest absolute Gasteiger partial charge is 0.474 e. The summed E-state index contributed by atoms with van der Waals surface area (Å²) in [6.45, 7) is 0.375. The Balaban J connectivity index is 1.47. The molecule has 0 bridgehead atoms. The van der Waals surface area contributed by atoms with Crippen molar-refractivity contribution < 1.29 is 14.3 Å². The van der Waals surface area contributed by atoms with Crippen LogP contribution in [0.5, 0.6) is 5.88 Å². The molecule has 3 rings (SSSR count). The van der Waals surface area contributed by atoms with Crippen LogP contribution in [0.15, 0.2) is 34.2 Å². The second kappa shape index (κ2) is 9.32. The normalized spacial score (nSPS) is 14.1. The van der Waals surface area contributed by atoms with Gasteiger partial charge in [-0.1, -0.05) is 0 Å². The van der Waals surface area contributed by atoms with E-state index >= 15 is 0 Å². The van der Waals surface area contributed by atoms with Crippen molar-refractivity contribution in [2.45, 2.75) is 38.3 Å². The van der Waals surface area contributed by atoms with Crippen LogP contribution in [0.2, 0.25) is 0 Å². The van der Waals surface area contributed by atoms with Crippen molar-refractivity contribution in [2.24, 2.45) is 0 Å². The van der Waals surface area contributed by atoms with Gasteiger partial charge >= 0.3 is 0 Å². The summed E-state index contributed by atoms with van der Waals surface area (Å²) in [7, 11) is 1.62. The molecule has 0 aromatic carbocycles. The Bertz CT molecular complexity index is 805. The molecule has 0 aliphatic heterocycles. The number of rotatable bonds is 7. The molecule has 1 saturated carbocycles. The second-order valence-electron chi connectivity index (χ2n) is 6.57. The van der Waals surface area contributed by atoms with Crippen LogP contribution in [0.25, 0.3) is 0 Å². The molecule has 0 saturated heterocycles. The molecule has 2 heterocycles. The van der Waals surface area contributed by atoms with Crippen LogP contribution >= 0.6 is 27.3 Å². The van der Waals surface area contributed by atoms with E-state index in [0.29, 0.717) is 17.3 Å². The minimum atomic E-state index is -0.212. The molecule has 1 N–H and O–H groups in total. The number of likely N-dealkylation sites (N-methyl/N-ethyl adjacent to an activating group) is 1. The highest BCUT2D eigenvalue weighted by Crippen LogP contribution is 2.24. The lowest BCUT2D eigenvalue weighted by molar-refractivity contribution is -0.121. The van der Waals surface area contributed by atoms with Crippen LogP contribution in [0, 0.1) is 0 Å². The van der Waals surface area contributed by atoms with Gasteiger partial charge in [0.2, 0.25) is 11.8 Å². The summed E-state index contributed by atoms with van der Waals surface area (Å²) in [5.74, 6) is 0.220. The summed E-state index contributed by atoms with van der Waals surface area (Å²) in [6, 6.07) is 7.27. The SMILES string of the molecule is CN(CC(=O)NCc1ccnc(OC2CCCC2)c1)C(=O)c1ccc(Br)s1. The van der Waals surface area contributed by atoms with Gasteiger partial charge in [0, 0.05) is 25.9 Å². The van der Waals surface area contributed by atoms with Crippen LogP contribution in [-0.2, 0) is 11.3 Å². The molecule has 8 heteroatoms. The lowest BCUT2D eigenvalue weighted by Gasteiger charge is -2.16. The fourth-order valence-electron chi connectivity index (χ4n) is 2.96. The van der Waals surface area contributed by atoms with Crippen molar-refractivity contribution in [3.8, 4) is 5.88 Å². The van der Waals surface area contributed by atoms with E-state index in [-0.39, 0.29) is 24.5 Å². The van der Waals surface area contributed by atoms with E-state index in [1.807, 2.05) is 18.2 Å². The Kier molecular flexibility index (Phi) is 6.84. The van der Waals surface area contributed by atoms with Crippen molar-refractivity contribution in [3.05, 3.63) is 44.7 Å². The van der Waals surface area contributed by atoms with Gasteiger partial charge in [-0.15, -0.1) is 11.3 Å². The number of amides is 2. The van der Waals surface area contributed by atoms with E-state index in [2.05, 4.69) is 26.2 Å². The first-order valence-electron chi connectivity index (χ1n) is 8.90. The summed E-state index contributed by atoms with van der Waals surface area (Å²) in [6.07, 6.45) is 6.49. The van der Waals surface area contributed by atoms with Crippen LogP contribution in [0.4, 0.5) is 0 Å². The van der Waals surface area contributed by atoms with Crippen LogP contribution in [0.1, 0.15) is 40.9 Å². The first-order valence-corrected chi connectivity index (χ1v) is 10.5. The summed E-state index contributed by atoms with van der Waals surface area (Å²) in [5.41, 5.74) is 0.919. The zero-order chi connectivity index (χ0) is 19.2. The molecule has 2 aromatic rings. The maximum absolute atomic E-state index is 12.3. The maximum atomic E-state index is 12.3. The highest BCUT2D eigenvalue weighted by Gasteiger charge is 2.18. The number of carbonyl (C=O) groups excluding carboxylic acids is 2. The lowest BCUT2D eigenvalue weighted by Crippen LogP contribution is -2.37. The summed E-state index contributed by atoms with van der Waals surface area (Å²) < 4.78 is 6.78. The predicted molar refractivity (Wildman–Crippen MR) is 108 cm³/mol. The average molecular weight is 452 g/mol. The number of nitrogens with zero attached hydrogens (tertiary/aromatic N) is 2. The van der Waals surface area contributed by atoms with Gasteiger partial charge < -0.3 is 15.0 Å². The fraction of sp³-hybridized carbons (Fsp3) is 0.421. The highest BCUT2D eigenvalue weighted by molar-refractivity contribution is 9.11. The van der Waals surface area contributed by atoms with Crippen molar-refractivity contribution in [1.82, 2.24) is 15.2 Å². The van der Waals surface area contributed by atoms with Crippen LogP contribution < -0.4 is 10.1 Å². The second-order valence-corrected chi connectivity index (χ2v) is 9.03. The van der Waals surface area contributed by atoms with E-state index in [1.165, 1.54) is 29.1 Å². The number of thiophene rings is 1. The van der Waals surface area contributed by atoms with Gasteiger partial charge in [-0.3, -0.25) is 9.59 Å². The first-order chi connectivity index (χ1) is 13.0. The standard InChI is InChI=1S/C19H22BrN3O3S/c1-23(19(25)15-6-7-16(20)27-15)12-17(24)22-11-13-8-9-21-18(10-13)26-14-4-2-3-5-14/h6-10,14H,2-5,11-12H2,1H3,(H,22,24). The molecule has 0 unspecified atom stereocenters. The number of halogens is 1. The van der Waals surface area contributed by atoms with Gasteiger partial charge in [0.15, 0.2) is 0 Å². The lowest BCUT2D eigenvalue weighted by atomic mass is 10.2. The van der Waals surface area contributed by atoms with Crippen molar-refractivity contribution in [2.75, 3.05) is 13.6 Å². The predicted octanol–water partition coefficient (Wildman–Crippen LogP) is 3.62. The first kappa shape index (κ1) is 19.8. The summed E-state index contributed by atoms with van der Waals surface area (Å²) in [4.78, 5) is 30.7. The van der Waals surface area contributed by atoms with Crippen molar-refractivity contribution in [3.63, 3.8) is 0 Å². The smallest absolute Gasteiger partial charge is 0.264 e. The van der Waals surface area contributed by atoms with Crippen molar-refractivity contribution >= 4 is 39.1 Å². The quantitative estimate of drug-likeness (QED) is 0.697. The molecule has 0 atom stereocenters. The number of hydrogen-bond acceptors (Lipinski definition) is 5. The molecule has 1 fully saturated rings. The Morgan fingerprint density at radius 1 is 1.33 bits per heavy atom. The minimum Gasteiger partial charge on any atom is -0.474 e. The Morgan fingerprint density at radius 2 is 2.11 bits per heavy atom. The zero-order valence-electron chi connectivity index (χ0n) is 15.1. The van der Waals surface area contributed by atoms with Gasteiger partial charge in [0.1, 0.15) is 6.10 Å². The van der Waals surface area contributed by atoms with Crippen molar-refractivity contribution in [1.29, 1.82) is 0 Å². The molecule has 0 spiro atoms. The molecule has 27 heavy (non-hydrogen) atoms. The van der Waals surface area contributed by atoms with E-state index in [4.69, 9.17) is 4.74 Å². The topological polar surface area (TPSA) is 71.5 Å². The number of ether oxygens (including phenoxy) is 1. The van der Waals surface area contributed by atoms with Gasteiger partial charge in [0.25, 0.3) is 5.91 Å². The molecule has 2 aromatic heterocycles. The Hall–Kier alpha value is -1.93. The number of nitrogens with one attached hydrogen (secondary N) is 1. The Morgan fingerprint density at radius 3 is 2.81 bits per heavy atom. The molecular weight excluding hydrogens is 430 g/mol. The van der Waals surface area contributed by atoms with E-state index < -0.39 is 0 Å². The fourth-order valence-corrected chi connectivity index (χ4v) is 4.34. The Labute approximate surface area is 171 Å². The third-order valence-electron chi connectivity index (χ3n) is 4.39. The monoisotopic (exact) mass is 451 g/mol. The minimum absolute atomic E-state index is 0.00483. The van der Waals surface area contributed by atoms with Gasteiger partial charge in [-0.25, -0.2) is 4.98 Å². The van der Waals surface area contributed by atoms with E-state index in [1.54, 1.807) is 19.3 Å². The molecule has 1 aliphatic rings. The third-order valence-corrected chi connectivity index (χ3v) is 6.00. The number of hydrogen-bond donors (Lipinski definition) is 1. The summed E-state index contributed by atoms with van der Waals surface area (Å²) in [5, 5.41) is 2.84. The molecule has 1 aliphatic carbocycles. The van der Waals surface area contributed by atoms with Crippen LogP contribution in [-0.4, -0.2) is 41.4 Å². The molecular formula is C19H22BrN3O3S. The highest BCUT2D eigenvalue weighted by atomic mass is 79.9. The van der Waals surface area contributed by atoms with Gasteiger partial charge in [-0.2, -0.15) is 0 Å². The van der Waals surface area contributed by atoms with Gasteiger partial charge in [-0.05, 0) is 65.4 Å². The zero-order valence-corrected chi connectivity index (χ0v) is 17.5. The van der Waals surface area contributed by atoms with Crippen LogP contribution in [0.3, 0.4) is 0 Å². The molecule has 2 amide bonds. The third kappa shape index (κ3) is 5.77. The summed E-state index contributed by atoms with van der Waals surface area (Å²) >= 11 is 4.69. The molecule has 0 radical (unpaired) electrons. The number of pyridine rings is 1. The van der Waals surface area contributed by atoms with Gasteiger partial charge in [0.05, 0.1) is 15.2 Å². The number of aromatic nitrogens is 1. The molecule has 144 valence electrons. The number of carbonyl (C=O) groups is 2. The average Bonchev–Trinajstić information content (AvgIpc) is 3.31. The van der Waals surface area contributed by atoms with E-state index in [0.717, 1.165) is 22.2 Å². The maximum Gasteiger partial charge on any atom is 0.264 e. The molecule has 6 nitrogen and oxygen atoms in total.